The first-order valence-corrected chi connectivity index (χ1v) is 7.61. The SMILES string of the molecule is C#CCOC(=O)/C(=C/C=C\c1ccccc1)NC(=O)c1ccccc1. The Hall–Kier alpha value is -3.58. The molecular weight excluding hydrogens is 314 g/mol. The Bertz CT molecular complexity index is 815. The van der Waals surface area contributed by atoms with Crippen molar-refractivity contribution in [3.05, 3.63) is 89.6 Å². The second kappa shape index (κ2) is 9.53. The number of carbonyl (C=O) groups excluding carboxylic acids is 2. The average molecular weight is 331 g/mol. The van der Waals surface area contributed by atoms with Gasteiger partial charge >= 0.3 is 5.97 Å². The molecule has 0 aliphatic carbocycles. The summed E-state index contributed by atoms with van der Waals surface area (Å²) in [6.45, 7) is -0.167. The van der Waals surface area contributed by atoms with Gasteiger partial charge in [0.05, 0.1) is 0 Å². The number of esters is 1. The van der Waals surface area contributed by atoms with Gasteiger partial charge in [0.15, 0.2) is 6.61 Å². The van der Waals surface area contributed by atoms with Crippen LogP contribution in [0, 0.1) is 12.3 Å². The van der Waals surface area contributed by atoms with Crippen molar-refractivity contribution in [3.63, 3.8) is 0 Å². The summed E-state index contributed by atoms with van der Waals surface area (Å²) < 4.78 is 4.90. The van der Waals surface area contributed by atoms with E-state index in [1.807, 2.05) is 36.4 Å². The third-order valence-electron chi connectivity index (χ3n) is 3.14. The molecule has 2 aromatic rings. The van der Waals surface area contributed by atoms with Crippen LogP contribution in [0.3, 0.4) is 0 Å². The number of terminal acetylenes is 1. The molecule has 0 aromatic heterocycles. The zero-order valence-corrected chi connectivity index (χ0v) is 13.5. The third-order valence-corrected chi connectivity index (χ3v) is 3.14. The molecule has 0 bridgehead atoms. The molecule has 0 heterocycles. The Morgan fingerprint density at radius 1 is 1.04 bits per heavy atom. The second-order valence-electron chi connectivity index (χ2n) is 4.95. The van der Waals surface area contributed by atoms with Crippen LogP contribution < -0.4 is 5.32 Å². The van der Waals surface area contributed by atoms with Gasteiger partial charge in [-0.2, -0.15) is 0 Å². The lowest BCUT2D eigenvalue weighted by atomic mass is 10.2. The first kappa shape index (κ1) is 17.8. The van der Waals surface area contributed by atoms with Gasteiger partial charge in [-0.25, -0.2) is 4.79 Å². The van der Waals surface area contributed by atoms with Crippen LogP contribution in [0.1, 0.15) is 15.9 Å². The molecule has 25 heavy (non-hydrogen) atoms. The van der Waals surface area contributed by atoms with E-state index in [1.54, 1.807) is 36.4 Å². The van der Waals surface area contributed by atoms with Gasteiger partial charge in [-0.15, -0.1) is 6.42 Å². The van der Waals surface area contributed by atoms with Crippen LogP contribution in [0.4, 0.5) is 0 Å². The topological polar surface area (TPSA) is 55.4 Å². The maximum atomic E-state index is 12.2. The fraction of sp³-hybridized carbons (Fsp3) is 0.0476. The summed E-state index contributed by atoms with van der Waals surface area (Å²) in [5.74, 6) is 1.12. The lowest BCUT2D eigenvalue weighted by molar-refractivity contribution is -0.137. The van der Waals surface area contributed by atoms with E-state index in [0.29, 0.717) is 5.56 Å². The van der Waals surface area contributed by atoms with Crippen molar-refractivity contribution in [1.29, 1.82) is 0 Å². The second-order valence-corrected chi connectivity index (χ2v) is 4.95. The summed E-state index contributed by atoms with van der Waals surface area (Å²) in [5.41, 5.74) is 1.41. The fourth-order valence-corrected chi connectivity index (χ4v) is 1.95. The van der Waals surface area contributed by atoms with Gasteiger partial charge in [0, 0.05) is 5.56 Å². The first-order chi connectivity index (χ1) is 12.2. The van der Waals surface area contributed by atoms with Gasteiger partial charge in [-0.3, -0.25) is 4.79 Å². The number of nitrogens with one attached hydrogen (secondary N) is 1. The number of amides is 1. The molecule has 0 radical (unpaired) electrons. The summed E-state index contributed by atoms with van der Waals surface area (Å²) in [4.78, 5) is 24.3. The summed E-state index contributed by atoms with van der Waals surface area (Å²) in [5, 5.41) is 2.56. The molecule has 2 rings (SSSR count). The zero-order chi connectivity index (χ0) is 17.9. The maximum absolute atomic E-state index is 12.2. The van der Waals surface area contributed by atoms with Gasteiger partial charge in [-0.05, 0) is 23.8 Å². The van der Waals surface area contributed by atoms with E-state index in [4.69, 9.17) is 11.2 Å². The molecule has 0 saturated carbocycles. The molecule has 0 atom stereocenters. The van der Waals surface area contributed by atoms with Gasteiger partial charge in [0.25, 0.3) is 5.91 Å². The van der Waals surface area contributed by atoms with Crippen LogP contribution in [0.5, 0.6) is 0 Å². The lowest BCUT2D eigenvalue weighted by Crippen LogP contribution is -2.28. The van der Waals surface area contributed by atoms with Gasteiger partial charge in [0.2, 0.25) is 0 Å². The minimum atomic E-state index is -0.694. The third kappa shape index (κ3) is 5.85. The quantitative estimate of drug-likeness (QED) is 0.383. The van der Waals surface area contributed by atoms with Crippen LogP contribution in [-0.2, 0) is 9.53 Å². The molecule has 0 saturated heterocycles. The van der Waals surface area contributed by atoms with Crippen molar-refractivity contribution in [2.24, 2.45) is 0 Å². The number of rotatable bonds is 6. The van der Waals surface area contributed by atoms with Crippen molar-refractivity contribution in [2.75, 3.05) is 6.61 Å². The van der Waals surface area contributed by atoms with Crippen LogP contribution in [-0.4, -0.2) is 18.5 Å². The Balaban J connectivity index is 2.16. The molecule has 0 aliphatic rings. The molecule has 1 N–H and O–H groups in total. The van der Waals surface area contributed by atoms with E-state index in [1.165, 1.54) is 6.08 Å². The Kier molecular flexibility index (Phi) is 6.78. The highest BCUT2D eigenvalue weighted by atomic mass is 16.5. The maximum Gasteiger partial charge on any atom is 0.355 e. The number of carbonyl (C=O) groups is 2. The Morgan fingerprint density at radius 3 is 2.32 bits per heavy atom. The highest BCUT2D eigenvalue weighted by Crippen LogP contribution is 2.05. The standard InChI is InChI=1S/C21H17NO3/c1-2-16-25-21(24)19(15-9-12-17-10-5-3-6-11-17)22-20(23)18-13-7-4-8-14-18/h1,3-15H,16H2,(H,22,23)/b12-9-,19-15-. The Morgan fingerprint density at radius 2 is 1.68 bits per heavy atom. The zero-order valence-electron chi connectivity index (χ0n) is 13.5. The predicted octanol–water partition coefficient (Wildman–Crippen LogP) is 3.19. The first-order valence-electron chi connectivity index (χ1n) is 7.61. The van der Waals surface area contributed by atoms with Crippen LogP contribution in [0.15, 0.2) is 78.5 Å². The highest BCUT2D eigenvalue weighted by molar-refractivity contribution is 6.01. The summed E-state index contributed by atoms with van der Waals surface area (Å²) in [6, 6.07) is 18.2. The molecule has 0 unspecified atom stereocenters. The molecule has 4 nitrogen and oxygen atoms in total. The van der Waals surface area contributed by atoms with E-state index in [2.05, 4.69) is 11.2 Å². The fourth-order valence-electron chi connectivity index (χ4n) is 1.95. The van der Waals surface area contributed by atoms with E-state index in [-0.39, 0.29) is 12.3 Å². The average Bonchev–Trinajstić information content (AvgIpc) is 2.66. The van der Waals surface area contributed by atoms with Crippen molar-refractivity contribution >= 4 is 18.0 Å². The smallest absolute Gasteiger partial charge is 0.355 e. The number of benzene rings is 2. The number of allylic oxidation sites excluding steroid dienone is 2. The highest BCUT2D eigenvalue weighted by Gasteiger charge is 2.14. The summed E-state index contributed by atoms with van der Waals surface area (Å²) in [7, 11) is 0. The molecule has 0 fully saturated rings. The normalized spacial score (nSPS) is 10.9. The molecule has 124 valence electrons. The largest absolute Gasteiger partial charge is 0.448 e. The number of hydrogen-bond donors (Lipinski definition) is 1. The minimum Gasteiger partial charge on any atom is -0.448 e. The summed E-state index contributed by atoms with van der Waals surface area (Å²) >= 11 is 0. The summed E-state index contributed by atoms with van der Waals surface area (Å²) in [6.07, 6.45) is 10.0. The number of ether oxygens (including phenoxy) is 1. The molecule has 2 aromatic carbocycles. The molecule has 0 aliphatic heterocycles. The van der Waals surface area contributed by atoms with Crippen LogP contribution in [0.2, 0.25) is 0 Å². The monoisotopic (exact) mass is 331 g/mol. The van der Waals surface area contributed by atoms with Crippen LogP contribution in [0.25, 0.3) is 6.08 Å². The molecule has 1 amide bonds. The van der Waals surface area contributed by atoms with Crippen molar-refractivity contribution in [1.82, 2.24) is 5.32 Å². The van der Waals surface area contributed by atoms with Crippen molar-refractivity contribution < 1.29 is 14.3 Å². The van der Waals surface area contributed by atoms with Crippen molar-refractivity contribution in [3.8, 4) is 12.3 Å². The van der Waals surface area contributed by atoms with Gasteiger partial charge in [0.1, 0.15) is 5.70 Å². The minimum absolute atomic E-state index is 0.0104. The van der Waals surface area contributed by atoms with Crippen LogP contribution >= 0.6 is 0 Å². The molecular formula is C21H17NO3. The predicted molar refractivity (Wildman–Crippen MR) is 97.3 cm³/mol. The van der Waals surface area contributed by atoms with E-state index >= 15 is 0 Å². The van der Waals surface area contributed by atoms with Crippen molar-refractivity contribution in [2.45, 2.75) is 0 Å². The van der Waals surface area contributed by atoms with Gasteiger partial charge < -0.3 is 10.1 Å². The van der Waals surface area contributed by atoms with E-state index in [9.17, 15) is 9.59 Å². The lowest BCUT2D eigenvalue weighted by Gasteiger charge is -2.08. The Labute approximate surface area is 146 Å². The van der Waals surface area contributed by atoms with E-state index in [0.717, 1.165) is 5.56 Å². The van der Waals surface area contributed by atoms with E-state index < -0.39 is 11.9 Å². The molecule has 4 heteroatoms. The molecule has 0 spiro atoms. The van der Waals surface area contributed by atoms with Gasteiger partial charge in [-0.1, -0.05) is 66.6 Å². The number of hydrogen-bond acceptors (Lipinski definition) is 3.